The molecule has 1 aliphatic heterocycles. The largest absolute Gasteiger partial charge is 0.328 e. The van der Waals surface area contributed by atoms with Crippen LogP contribution in [-0.4, -0.2) is 22.3 Å². The average molecular weight is 381 g/mol. The summed E-state index contributed by atoms with van der Waals surface area (Å²) in [5, 5.41) is 9.18. The smallest absolute Gasteiger partial charge is 0.254 e. The van der Waals surface area contributed by atoms with E-state index in [1.54, 1.807) is 18.3 Å². The van der Waals surface area contributed by atoms with Gasteiger partial charge in [-0.05, 0) is 53.4 Å². The Morgan fingerprint density at radius 2 is 1.83 bits per heavy atom. The summed E-state index contributed by atoms with van der Waals surface area (Å²) in [5.41, 5.74) is 3.83. The summed E-state index contributed by atoms with van der Waals surface area (Å²) >= 11 is 0. The molecule has 1 atom stereocenters. The predicted molar refractivity (Wildman–Crippen MR) is 111 cm³/mol. The van der Waals surface area contributed by atoms with Crippen LogP contribution in [0.5, 0.6) is 0 Å². The lowest BCUT2D eigenvalue weighted by molar-refractivity contribution is 0.0692. The van der Waals surface area contributed by atoms with E-state index < -0.39 is 0 Å². The number of hydrogen-bond donors (Lipinski definition) is 1. The molecule has 1 N–H and O–H groups in total. The summed E-state index contributed by atoms with van der Waals surface area (Å²) in [6.45, 7) is 0.530. The first-order chi connectivity index (χ1) is 14.2. The van der Waals surface area contributed by atoms with Crippen LogP contribution in [-0.2, 0) is 0 Å². The van der Waals surface area contributed by atoms with Gasteiger partial charge in [-0.2, -0.15) is 5.26 Å². The fourth-order valence-corrected chi connectivity index (χ4v) is 3.58. The van der Waals surface area contributed by atoms with Gasteiger partial charge in [0.2, 0.25) is 5.56 Å². The molecule has 1 unspecified atom stereocenters. The lowest BCUT2D eigenvalue weighted by atomic mass is 9.96. The molecule has 3 aromatic rings. The minimum Gasteiger partial charge on any atom is -0.328 e. The number of H-pyrrole nitrogens is 1. The molecular formula is C24H19N3O2. The lowest BCUT2D eigenvalue weighted by Crippen LogP contribution is -2.36. The summed E-state index contributed by atoms with van der Waals surface area (Å²) in [4.78, 5) is 28.9. The summed E-state index contributed by atoms with van der Waals surface area (Å²) < 4.78 is 0. The molecule has 1 amide bonds. The standard InChI is InChI=1S/C24H19N3O2/c25-15-17-4-3-5-20(14-17)22-6-1-2-13-27(22)24(29)19-9-7-18(8-10-19)21-11-12-23(28)26-16-21/h1-5,7-12,14,16,22H,6,13H2,(H,26,28). The minimum atomic E-state index is -0.148. The van der Waals surface area contributed by atoms with Gasteiger partial charge in [-0.1, -0.05) is 36.4 Å². The normalized spacial score (nSPS) is 15.7. The molecule has 1 aliphatic rings. The molecule has 0 aliphatic carbocycles. The van der Waals surface area contributed by atoms with Gasteiger partial charge in [-0.3, -0.25) is 9.59 Å². The zero-order chi connectivity index (χ0) is 20.2. The third kappa shape index (κ3) is 3.87. The zero-order valence-electron chi connectivity index (χ0n) is 15.7. The van der Waals surface area contributed by atoms with Gasteiger partial charge in [0.15, 0.2) is 0 Å². The quantitative estimate of drug-likeness (QED) is 0.695. The Bertz CT molecular complexity index is 1150. The molecular weight excluding hydrogens is 362 g/mol. The number of pyridine rings is 1. The van der Waals surface area contributed by atoms with Crippen LogP contribution in [0.25, 0.3) is 11.1 Å². The van der Waals surface area contributed by atoms with Crippen molar-refractivity contribution in [1.82, 2.24) is 9.88 Å². The highest BCUT2D eigenvalue weighted by atomic mass is 16.2. The van der Waals surface area contributed by atoms with E-state index in [2.05, 4.69) is 17.1 Å². The van der Waals surface area contributed by atoms with Crippen molar-refractivity contribution < 1.29 is 4.79 Å². The summed E-state index contributed by atoms with van der Waals surface area (Å²) in [6, 6.07) is 20.1. The van der Waals surface area contributed by atoms with Crippen LogP contribution in [0.4, 0.5) is 0 Å². The number of rotatable bonds is 3. The molecule has 0 saturated carbocycles. The highest BCUT2D eigenvalue weighted by molar-refractivity contribution is 5.95. The Morgan fingerprint density at radius 3 is 2.55 bits per heavy atom. The third-order valence-corrected chi connectivity index (χ3v) is 5.12. The molecule has 0 spiro atoms. The predicted octanol–water partition coefficient (Wildman–Crippen LogP) is 4.06. The van der Waals surface area contributed by atoms with Crippen LogP contribution in [0, 0.1) is 11.3 Å². The van der Waals surface area contributed by atoms with E-state index >= 15 is 0 Å². The Balaban J connectivity index is 1.60. The molecule has 0 saturated heterocycles. The molecule has 1 aromatic heterocycles. The van der Waals surface area contributed by atoms with Crippen molar-refractivity contribution in [3.8, 4) is 17.2 Å². The maximum atomic E-state index is 13.2. The SMILES string of the molecule is N#Cc1cccc(C2CC=CCN2C(=O)c2ccc(-c3ccc(=O)[nH]c3)cc2)c1. The Labute approximate surface area is 168 Å². The van der Waals surface area contributed by atoms with Crippen molar-refractivity contribution in [1.29, 1.82) is 5.26 Å². The molecule has 5 heteroatoms. The first-order valence-electron chi connectivity index (χ1n) is 9.41. The fourth-order valence-electron chi connectivity index (χ4n) is 3.58. The van der Waals surface area contributed by atoms with E-state index in [4.69, 9.17) is 0 Å². The molecule has 2 aromatic carbocycles. The van der Waals surface area contributed by atoms with Crippen LogP contribution in [0.1, 0.15) is 33.9 Å². The number of nitrogens with one attached hydrogen (secondary N) is 1. The van der Waals surface area contributed by atoms with Crippen molar-refractivity contribution in [3.05, 3.63) is 106 Å². The molecule has 29 heavy (non-hydrogen) atoms. The molecule has 0 radical (unpaired) electrons. The van der Waals surface area contributed by atoms with Gasteiger partial charge in [-0.15, -0.1) is 0 Å². The van der Waals surface area contributed by atoms with E-state index in [0.717, 1.165) is 23.1 Å². The number of carbonyl (C=O) groups is 1. The fraction of sp³-hybridized carbons (Fsp3) is 0.125. The van der Waals surface area contributed by atoms with Crippen LogP contribution >= 0.6 is 0 Å². The van der Waals surface area contributed by atoms with E-state index in [1.807, 2.05) is 53.4 Å². The molecule has 142 valence electrons. The van der Waals surface area contributed by atoms with Gasteiger partial charge < -0.3 is 9.88 Å². The maximum absolute atomic E-state index is 13.2. The molecule has 0 bridgehead atoms. The van der Waals surface area contributed by atoms with Crippen molar-refractivity contribution in [2.45, 2.75) is 12.5 Å². The second-order valence-electron chi connectivity index (χ2n) is 6.94. The molecule has 2 heterocycles. The van der Waals surface area contributed by atoms with Crippen LogP contribution in [0.2, 0.25) is 0 Å². The van der Waals surface area contributed by atoms with Crippen molar-refractivity contribution >= 4 is 5.91 Å². The number of nitrogens with zero attached hydrogens (tertiary/aromatic N) is 2. The number of hydrogen-bond acceptors (Lipinski definition) is 3. The average Bonchev–Trinajstić information content (AvgIpc) is 2.79. The second kappa shape index (κ2) is 7.99. The first-order valence-corrected chi connectivity index (χ1v) is 9.41. The van der Waals surface area contributed by atoms with Crippen molar-refractivity contribution in [3.63, 3.8) is 0 Å². The number of aromatic nitrogens is 1. The van der Waals surface area contributed by atoms with E-state index in [1.165, 1.54) is 6.07 Å². The minimum absolute atomic E-state index is 0.0465. The van der Waals surface area contributed by atoms with Gasteiger partial charge >= 0.3 is 0 Å². The van der Waals surface area contributed by atoms with Gasteiger partial charge in [0.05, 0.1) is 17.7 Å². The summed E-state index contributed by atoms with van der Waals surface area (Å²) in [6.07, 6.45) is 6.45. The zero-order valence-corrected chi connectivity index (χ0v) is 15.7. The third-order valence-electron chi connectivity index (χ3n) is 5.12. The Morgan fingerprint density at radius 1 is 1.03 bits per heavy atom. The van der Waals surface area contributed by atoms with Gasteiger partial charge in [0, 0.05) is 24.4 Å². The Kier molecular flexibility index (Phi) is 5.08. The number of nitriles is 1. The van der Waals surface area contributed by atoms with E-state index in [-0.39, 0.29) is 17.5 Å². The van der Waals surface area contributed by atoms with E-state index in [9.17, 15) is 14.9 Å². The number of aromatic amines is 1. The van der Waals surface area contributed by atoms with Crippen LogP contribution in [0.3, 0.4) is 0 Å². The first kappa shape index (κ1) is 18.5. The molecule has 5 nitrogen and oxygen atoms in total. The van der Waals surface area contributed by atoms with Gasteiger partial charge in [0.25, 0.3) is 5.91 Å². The number of amides is 1. The maximum Gasteiger partial charge on any atom is 0.254 e. The monoisotopic (exact) mass is 381 g/mol. The van der Waals surface area contributed by atoms with Crippen LogP contribution in [0.15, 0.2) is 83.8 Å². The number of carbonyl (C=O) groups excluding carboxylic acids is 1. The van der Waals surface area contributed by atoms with E-state index in [0.29, 0.717) is 17.7 Å². The summed E-state index contributed by atoms with van der Waals surface area (Å²) in [7, 11) is 0. The topological polar surface area (TPSA) is 77.0 Å². The second-order valence-corrected chi connectivity index (χ2v) is 6.94. The highest BCUT2D eigenvalue weighted by Gasteiger charge is 2.26. The summed E-state index contributed by atoms with van der Waals surface area (Å²) in [5.74, 6) is -0.0465. The van der Waals surface area contributed by atoms with Crippen LogP contribution < -0.4 is 5.56 Å². The van der Waals surface area contributed by atoms with Crippen molar-refractivity contribution in [2.75, 3.05) is 6.54 Å². The Hall–Kier alpha value is -3.91. The molecule has 4 rings (SSSR count). The highest BCUT2D eigenvalue weighted by Crippen LogP contribution is 2.30. The van der Waals surface area contributed by atoms with Gasteiger partial charge in [0.1, 0.15) is 0 Å². The lowest BCUT2D eigenvalue weighted by Gasteiger charge is -2.33. The van der Waals surface area contributed by atoms with Crippen molar-refractivity contribution in [2.24, 2.45) is 0 Å². The van der Waals surface area contributed by atoms with Gasteiger partial charge in [-0.25, -0.2) is 0 Å². The number of benzene rings is 2. The molecule has 0 fully saturated rings.